The third-order valence-corrected chi connectivity index (χ3v) is 5.18. The fourth-order valence-corrected chi connectivity index (χ4v) is 3.62. The Balaban J connectivity index is 1.39. The maximum Gasteiger partial charge on any atom is 0.317 e. The molecule has 0 bridgehead atoms. The van der Waals surface area contributed by atoms with Gasteiger partial charge in [-0.05, 0) is 57.1 Å². The second kappa shape index (κ2) is 7.83. The van der Waals surface area contributed by atoms with Gasteiger partial charge in [-0.3, -0.25) is 0 Å². The summed E-state index contributed by atoms with van der Waals surface area (Å²) in [5, 5.41) is 3.05. The van der Waals surface area contributed by atoms with Gasteiger partial charge in [-0.1, -0.05) is 0 Å². The third-order valence-electron chi connectivity index (χ3n) is 5.18. The van der Waals surface area contributed by atoms with Gasteiger partial charge in [0.05, 0.1) is 0 Å². The number of anilines is 1. The van der Waals surface area contributed by atoms with Crippen molar-refractivity contribution in [3.05, 3.63) is 30.1 Å². The van der Waals surface area contributed by atoms with Crippen LogP contribution in [0.3, 0.4) is 0 Å². The molecule has 0 aliphatic carbocycles. The first-order valence-corrected chi connectivity index (χ1v) is 8.87. The number of hydrogen-bond acceptors (Lipinski definition) is 3. The highest BCUT2D eigenvalue weighted by Crippen LogP contribution is 2.18. The van der Waals surface area contributed by atoms with Gasteiger partial charge in [0.1, 0.15) is 5.82 Å². The number of hydrogen-bond donors (Lipinski definition) is 1. The lowest BCUT2D eigenvalue weighted by atomic mass is 10.1. The molecule has 1 unspecified atom stereocenters. The molecule has 2 aliphatic rings. The van der Waals surface area contributed by atoms with E-state index < -0.39 is 0 Å². The lowest BCUT2D eigenvalue weighted by molar-refractivity contribution is 0.192. The normalized spacial score (nSPS) is 22.0. The van der Waals surface area contributed by atoms with E-state index in [0.29, 0.717) is 19.1 Å². The van der Waals surface area contributed by atoms with Gasteiger partial charge in [-0.15, -0.1) is 0 Å². The SMILES string of the molecule is CN1CCCC1CCNC(=O)N1CCN(c2ccc(F)cc2)CC1. The van der Waals surface area contributed by atoms with Gasteiger partial charge in [0, 0.05) is 44.5 Å². The smallest absolute Gasteiger partial charge is 0.317 e. The van der Waals surface area contributed by atoms with Crippen molar-refractivity contribution in [2.24, 2.45) is 0 Å². The Hall–Kier alpha value is -1.82. The second-order valence-electron chi connectivity index (χ2n) is 6.75. The summed E-state index contributed by atoms with van der Waals surface area (Å²) in [5.74, 6) is -0.218. The van der Waals surface area contributed by atoms with E-state index in [0.717, 1.165) is 31.7 Å². The van der Waals surface area contributed by atoms with Gasteiger partial charge < -0.3 is 20.0 Å². The number of urea groups is 1. The van der Waals surface area contributed by atoms with Crippen molar-refractivity contribution in [2.45, 2.75) is 25.3 Å². The molecule has 2 heterocycles. The molecule has 5 nitrogen and oxygen atoms in total. The van der Waals surface area contributed by atoms with Crippen LogP contribution in [-0.2, 0) is 0 Å². The summed E-state index contributed by atoms with van der Waals surface area (Å²) in [6.07, 6.45) is 3.53. The Kier molecular flexibility index (Phi) is 5.56. The Morgan fingerprint density at radius 1 is 1.17 bits per heavy atom. The van der Waals surface area contributed by atoms with Crippen LogP contribution in [0.4, 0.5) is 14.9 Å². The molecular formula is C18H27FN4O. The van der Waals surface area contributed by atoms with Crippen molar-refractivity contribution in [1.29, 1.82) is 0 Å². The maximum atomic E-state index is 13.0. The van der Waals surface area contributed by atoms with Crippen LogP contribution in [0.5, 0.6) is 0 Å². The van der Waals surface area contributed by atoms with E-state index in [9.17, 15) is 9.18 Å². The first-order chi connectivity index (χ1) is 11.6. The number of carbonyl (C=O) groups is 1. The number of halogens is 1. The Bertz CT molecular complexity index is 542. The molecule has 24 heavy (non-hydrogen) atoms. The zero-order chi connectivity index (χ0) is 16.9. The van der Waals surface area contributed by atoms with Crippen molar-refractivity contribution < 1.29 is 9.18 Å². The first kappa shape index (κ1) is 17.0. The fourth-order valence-electron chi connectivity index (χ4n) is 3.62. The van der Waals surface area contributed by atoms with Crippen molar-refractivity contribution >= 4 is 11.7 Å². The molecule has 1 aromatic rings. The van der Waals surface area contributed by atoms with E-state index >= 15 is 0 Å². The van der Waals surface area contributed by atoms with Crippen LogP contribution in [0.25, 0.3) is 0 Å². The monoisotopic (exact) mass is 334 g/mol. The van der Waals surface area contributed by atoms with Crippen LogP contribution < -0.4 is 10.2 Å². The summed E-state index contributed by atoms with van der Waals surface area (Å²) in [5.41, 5.74) is 1.01. The average Bonchev–Trinajstić information content (AvgIpc) is 3.01. The largest absolute Gasteiger partial charge is 0.368 e. The number of piperazine rings is 1. The summed E-state index contributed by atoms with van der Waals surface area (Å²) >= 11 is 0. The third kappa shape index (κ3) is 4.17. The molecule has 2 fully saturated rings. The van der Waals surface area contributed by atoms with Gasteiger partial charge >= 0.3 is 6.03 Å². The Labute approximate surface area is 143 Å². The Morgan fingerprint density at radius 2 is 1.88 bits per heavy atom. The molecule has 1 aromatic carbocycles. The zero-order valence-corrected chi connectivity index (χ0v) is 14.4. The molecule has 132 valence electrons. The van der Waals surface area contributed by atoms with Crippen LogP contribution in [-0.4, -0.2) is 68.2 Å². The minimum atomic E-state index is -0.218. The predicted octanol–water partition coefficient (Wildman–Crippen LogP) is 2.14. The molecule has 1 atom stereocenters. The standard InChI is InChI=1S/C18H27FN4O/c1-21-10-2-3-16(21)8-9-20-18(24)23-13-11-22(12-14-23)17-6-4-15(19)5-7-17/h4-7,16H,2-3,8-14H2,1H3,(H,20,24). The van der Waals surface area contributed by atoms with Crippen LogP contribution >= 0.6 is 0 Å². The summed E-state index contributed by atoms with van der Waals surface area (Å²) in [6, 6.07) is 7.20. The van der Waals surface area contributed by atoms with Gasteiger partial charge in [0.25, 0.3) is 0 Å². The highest BCUT2D eigenvalue weighted by molar-refractivity contribution is 5.74. The van der Waals surface area contributed by atoms with Crippen LogP contribution in [0.15, 0.2) is 24.3 Å². The maximum absolute atomic E-state index is 13.0. The molecule has 1 N–H and O–H groups in total. The summed E-state index contributed by atoms with van der Waals surface area (Å²) in [7, 11) is 2.16. The highest BCUT2D eigenvalue weighted by atomic mass is 19.1. The number of carbonyl (C=O) groups excluding carboxylic acids is 1. The van der Waals surface area contributed by atoms with Crippen LogP contribution in [0.1, 0.15) is 19.3 Å². The molecule has 0 saturated carbocycles. The second-order valence-corrected chi connectivity index (χ2v) is 6.75. The predicted molar refractivity (Wildman–Crippen MR) is 93.9 cm³/mol. The average molecular weight is 334 g/mol. The van der Waals surface area contributed by atoms with Gasteiger partial charge in [-0.25, -0.2) is 9.18 Å². The molecule has 2 aliphatic heterocycles. The first-order valence-electron chi connectivity index (χ1n) is 8.87. The molecule has 0 spiro atoms. The van der Waals surface area contributed by atoms with E-state index in [2.05, 4.69) is 22.2 Å². The van der Waals surface area contributed by atoms with E-state index in [4.69, 9.17) is 0 Å². The molecule has 2 amide bonds. The highest BCUT2D eigenvalue weighted by Gasteiger charge is 2.23. The lowest BCUT2D eigenvalue weighted by Crippen LogP contribution is -2.52. The molecule has 0 radical (unpaired) electrons. The van der Waals surface area contributed by atoms with E-state index in [1.807, 2.05) is 4.90 Å². The van der Waals surface area contributed by atoms with Crippen molar-refractivity contribution in [3.8, 4) is 0 Å². The van der Waals surface area contributed by atoms with Crippen LogP contribution in [0.2, 0.25) is 0 Å². The molecule has 0 aromatic heterocycles. The van der Waals surface area contributed by atoms with E-state index in [1.165, 1.54) is 31.5 Å². The number of benzene rings is 1. The number of rotatable bonds is 4. The van der Waals surface area contributed by atoms with Crippen molar-refractivity contribution in [2.75, 3.05) is 51.2 Å². The van der Waals surface area contributed by atoms with Gasteiger partial charge in [0.15, 0.2) is 0 Å². The van der Waals surface area contributed by atoms with Crippen molar-refractivity contribution in [3.63, 3.8) is 0 Å². The lowest BCUT2D eigenvalue weighted by Gasteiger charge is -2.36. The minimum Gasteiger partial charge on any atom is -0.368 e. The quantitative estimate of drug-likeness (QED) is 0.917. The number of nitrogens with one attached hydrogen (secondary N) is 1. The summed E-state index contributed by atoms with van der Waals surface area (Å²) < 4.78 is 13.0. The van der Waals surface area contributed by atoms with E-state index in [-0.39, 0.29) is 11.8 Å². The molecule has 3 rings (SSSR count). The summed E-state index contributed by atoms with van der Waals surface area (Å²) in [6.45, 7) is 4.88. The number of nitrogens with zero attached hydrogens (tertiary/aromatic N) is 3. The molecule has 6 heteroatoms. The topological polar surface area (TPSA) is 38.8 Å². The van der Waals surface area contributed by atoms with Crippen molar-refractivity contribution in [1.82, 2.24) is 15.1 Å². The zero-order valence-electron chi connectivity index (χ0n) is 14.4. The van der Waals surface area contributed by atoms with Gasteiger partial charge in [0.2, 0.25) is 0 Å². The summed E-state index contributed by atoms with van der Waals surface area (Å²) in [4.78, 5) is 18.7. The molecule has 2 saturated heterocycles. The van der Waals surface area contributed by atoms with Crippen LogP contribution in [0, 0.1) is 5.82 Å². The minimum absolute atomic E-state index is 0.0365. The fraction of sp³-hybridized carbons (Fsp3) is 0.611. The molecular weight excluding hydrogens is 307 g/mol. The number of likely N-dealkylation sites (tertiary alicyclic amines) is 1. The number of amides is 2. The Morgan fingerprint density at radius 3 is 2.50 bits per heavy atom. The van der Waals surface area contributed by atoms with Gasteiger partial charge in [-0.2, -0.15) is 0 Å². The van der Waals surface area contributed by atoms with E-state index in [1.54, 1.807) is 12.1 Å².